The van der Waals surface area contributed by atoms with Crippen LogP contribution in [-0.4, -0.2) is 16.8 Å². The molecular formula is C23H16N2OS. The average molecular weight is 368 g/mol. The molecule has 0 bridgehead atoms. The summed E-state index contributed by atoms with van der Waals surface area (Å²) in [5, 5.41) is 5.13. The molecule has 27 heavy (non-hydrogen) atoms. The molecular weight excluding hydrogens is 352 g/mol. The standard InChI is InChI=1S/C23H16N2OS/c26-22-15-27-23(24-20-13-5-9-16-7-1-3-11-18(16)20)25(22)21-14-6-10-17-8-2-4-12-19(17)21/h1-14H,15H2. The number of fused-ring (bicyclic) bond motifs is 2. The Hall–Kier alpha value is -3.11. The molecule has 4 heteroatoms. The summed E-state index contributed by atoms with van der Waals surface area (Å²) in [4.78, 5) is 19.4. The Balaban J connectivity index is 1.68. The van der Waals surface area contributed by atoms with Crippen molar-refractivity contribution < 1.29 is 4.79 Å². The van der Waals surface area contributed by atoms with Crippen LogP contribution in [0.15, 0.2) is 89.9 Å². The molecule has 130 valence electrons. The first kappa shape index (κ1) is 16.1. The Morgan fingerprint density at radius 2 is 1.37 bits per heavy atom. The van der Waals surface area contributed by atoms with Gasteiger partial charge in [-0.15, -0.1) is 0 Å². The maximum atomic E-state index is 12.7. The second-order valence-corrected chi connectivity index (χ2v) is 7.35. The third-order valence-corrected chi connectivity index (χ3v) is 5.68. The zero-order chi connectivity index (χ0) is 18.2. The first-order valence-electron chi connectivity index (χ1n) is 8.81. The molecule has 0 radical (unpaired) electrons. The van der Waals surface area contributed by atoms with E-state index in [9.17, 15) is 4.79 Å². The van der Waals surface area contributed by atoms with Gasteiger partial charge in [0, 0.05) is 10.8 Å². The largest absolute Gasteiger partial charge is 0.273 e. The highest BCUT2D eigenvalue weighted by Gasteiger charge is 2.30. The maximum absolute atomic E-state index is 12.7. The number of carbonyl (C=O) groups is 1. The van der Waals surface area contributed by atoms with Crippen molar-refractivity contribution in [2.45, 2.75) is 0 Å². The number of aliphatic imine (C=N–C) groups is 1. The molecule has 1 amide bonds. The van der Waals surface area contributed by atoms with Gasteiger partial charge >= 0.3 is 0 Å². The van der Waals surface area contributed by atoms with E-state index in [1.165, 1.54) is 11.8 Å². The average Bonchev–Trinajstić information content (AvgIpc) is 3.08. The van der Waals surface area contributed by atoms with Crippen molar-refractivity contribution in [2.75, 3.05) is 10.7 Å². The summed E-state index contributed by atoms with van der Waals surface area (Å²) in [6.07, 6.45) is 0. The van der Waals surface area contributed by atoms with Gasteiger partial charge in [0.2, 0.25) is 5.91 Å². The van der Waals surface area contributed by atoms with E-state index in [2.05, 4.69) is 36.4 Å². The number of anilines is 1. The van der Waals surface area contributed by atoms with Crippen molar-refractivity contribution in [3.63, 3.8) is 0 Å². The van der Waals surface area contributed by atoms with Crippen LogP contribution in [0.1, 0.15) is 0 Å². The second kappa shape index (κ2) is 6.56. The van der Waals surface area contributed by atoms with Gasteiger partial charge in [0.25, 0.3) is 0 Å². The van der Waals surface area contributed by atoms with Crippen LogP contribution in [0.25, 0.3) is 21.5 Å². The highest BCUT2D eigenvalue weighted by atomic mass is 32.2. The molecule has 1 aliphatic heterocycles. The number of thioether (sulfide) groups is 1. The fourth-order valence-corrected chi connectivity index (χ4v) is 4.37. The summed E-state index contributed by atoms with van der Waals surface area (Å²) in [6.45, 7) is 0. The van der Waals surface area contributed by atoms with Crippen LogP contribution in [-0.2, 0) is 4.79 Å². The molecule has 1 heterocycles. The van der Waals surface area contributed by atoms with Crippen molar-refractivity contribution in [2.24, 2.45) is 4.99 Å². The van der Waals surface area contributed by atoms with Crippen molar-refractivity contribution in [3.8, 4) is 0 Å². The lowest BCUT2D eigenvalue weighted by Crippen LogP contribution is -2.29. The molecule has 0 spiro atoms. The Kier molecular flexibility index (Phi) is 3.91. The summed E-state index contributed by atoms with van der Waals surface area (Å²) in [5.41, 5.74) is 1.78. The minimum absolute atomic E-state index is 0.0651. The third kappa shape index (κ3) is 2.78. The lowest BCUT2D eigenvalue weighted by Gasteiger charge is -2.18. The van der Waals surface area contributed by atoms with E-state index < -0.39 is 0 Å². The summed E-state index contributed by atoms with van der Waals surface area (Å²) in [5.74, 6) is 0.475. The summed E-state index contributed by atoms with van der Waals surface area (Å²) >= 11 is 1.49. The highest BCUT2D eigenvalue weighted by molar-refractivity contribution is 8.15. The summed E-state index contributed by atoms with van der Waals surface area (Å²) in [7, 11) is 0. The minimum atomic E-state index is 0.0651. The highest BCUT2D eigenvalue weighted by Crippen LogP contribution is 2.35. The van der Waals surface area contributed by atoms with Crippen LogP contribution in [0, 0.1) is 0 Å². The molecule has 4 aromatic carbocycles. The minimum Gasteiger partial charge on any atom is -0.273 e. The molecule has 0 saturated carbocycles. The first-order valence-corrected chi connectivity index (χ1v) is 9.80. The number of hydrogen-bond acceptors (Lipinski definition) is 3. The molecule has 4 aromatic rings. The van der Waals surface area contributed by atoms with E-state index in [4.69, 9.17) is 4.99 Å². The Morgan fingerprint density at radius 1 is 0.741 bits per heavy atom. The Bertz CT molecular complexity index is 1200. The molecule has 0 N–H and O–H groups in total. The van der Waals surface area contributed by atoms with Gasteiger partial charge in [0.05, 0.1) is 17.1 Å². The summed E-state index contributed by atoms with van der Waals surface area (Å²) in [6, 6.07) is 28.4. The van der Waals surface area contributed by atoms with Crippen LogP contribution >= 0.6 is 11.8 Å². The molecule has 1 saturated heterocycles. The van der Waals surface area contributed by atoms with Gasteiger partial charge in [0.15, 0.2) is 5.17 Å². The SMILES string of the molecule is O=C1CSC(=Nc2cccc3ccccc23)N1c1cccc2ccccc12. The van der Waals surface area contributed by atoms with Crippen LogP contribution in [0.5, 0.6) is 0 Å². The normalized spacial score (nSPS) is 15.9. The molecule has 1 fully saturated rings. The number of rotatable bonds is 2. The lowest BCUT2D eigenvalue weighted by molar-refractivity contribution is -0.115. The molecule has 0 atom stereocenters. The van der Waals surface area contributed by atoms with Crippen LogP contribution in [0.2, 0.25) is 0 Å². The zero-order valence-electron chi connectivity index (χ0n) is 14.5. The van der Waals surface area contributed by atoms with Crippen molar-refractivity contribution in [3.05, 3.63) is 84.9 Å². The van der Waals surface area contributed by atoms with Gasteiger partial charge in [-0.3, -0.25) is 9.69 Å². The Labute approximate surface area is 161 Å². The number of benzene rings is 4. The smallest absolute Gasteiger partial charge is 0.243 e. The molecule has 0 aromatic heterocycles. The van der Waals surface area contributed by atoms with E-state index in [-0.39, 0.29) is 5.91 Å². The van der Waals surface area contributed by atoms with Crippen molar-refractivity contribution in [1.82, 2.24) is 0 Å². The summed E-state index contributed by atoms with van der Waals surface area (Å²) < 4.78 is 0. The fourth-order valence-electron chi connectivity index (χ4n) is 3.49. The zero-order valence-corrected chi connectivity index (χ0v) is 15.3. The van der Waals surface area contributed by atoms with Gasteiger partial charge in [0.1, 0.15) is 0 Å². The predicted molar refractivity (Wildman–Crippen MR) is 115 cm³/mol. The van der Waals surface area contributed by atoms with Crippen molar-refractivity contribution >= 4 is 55.8 Å². The van der Waals surface area contributed by atoms with E-state index in [1.54, 1.807) is 4.90 Å². The molecule has 3 nitrogen and oxygen atoms in total. The van der Waals surface area contributed by atoms with Gasteiger partial charge in [-0.1, -0.05) is 84.6 Å². The van der Waals surface area contributed by atoms with Gasteiger partial charge in [-0.2, -0.15) is 0 Å². The van der Waals surface area contributed by atoms with Crippen molar-refractivity contribution in [1.29, 1.82) is 0 Å². The quantitative estimate of drug-likeness (QED) is 0.450. The van der Waals surface area contributed by atoms with Gasteiger partial charge in [-0.05, 0) is 22.9 Å². The van der Waals surface area contributed by atoms with E-state index in [0.29, 0.717) is 5.75 Å². The van der Waals surface area contributed by atoms with Crippen LogP contribution < -0.4 is 4.90 Å². The molecule has 5 rings (SSSR count). The molecule has 0 aliphatic carbocycles. The van der Waals surface area contributed by atoms with E-state index >= 15 is 0 Å². The predicted octanol–water partition coefficient (Wildman–Crippen LogP) is 5.76. The van der Waals surface area contributed by atoms with Gasteiger partial charge < -0.3 is 0 Å². The Morgan fingerprint density at radius 3 is 2.19 bits per heavy atom. The van der Waals surface area contributed by atoms with Crippen LogP contribution in [0.4, 0.5) is 11.4 Å². The fraction of sp³-hybridized carbons (Fsp3) is 0.0435. The molecule has 0 unspecified atom stereocenters. The lowest BCUT2D eigenvalue weighted by atomic mass is 10.1. The third-order valence-electron chi connectivity index (χ3n) is 4.76. The second-order valence-electron chi connectivity index (χ2n) is 6.41. The monoisotopic (exact) mass is 368 g/mol. The topological polar surface area (TPSA) is 32.7 Å². The molecule has 1 aliphatic rings. The number of carbonyl (C=O) groups excluding carboxylic acids is 1. The van der Waals surface area contributed by atoms with Gasteiger partial charge in [-0.25, -0.2) is 4.99 Å². The number of nitrogens with zero attached hydrogens (tertiary/aromatic N) is 2. The number of amides is 1. The number of hydrogen-bond donors (Lipinski definition) is 0. The van der Waals surface area contributed by atoms with E-state index in [1.807, 2.05) is 48.5 Å². The van der Waals surface area contributed by atoms with Crippen LogP contribution in [0.3, 0.4) is 0 Å². The maximum Gasteiger partial charge on any atom is 0.243 e. The number of amidine groups is 1. The van der Waals surface area contributed by atoms with E-state index in [0.717, 1.165) is 38.1 Å². The first-order chi connectivity index (χ1) is 13.3.